The molecule has 3 nitrogen and oxygen atoms in total. The number of phenols is 1. The molecule has 1 unspecified atom stereocenters. The Morgan fingerprint density at radius 3 is 2.35 bits per heavy atom. The van der Waals surface area contributed by atoms with Crippen molar-refractivity contribution in [2.45, 2.75) is 25.8 Å². The second kappa shape index (κ2) is 6.96. The summed E-state index contributed by atoms with van der Waals surface area (Å²) in [5.41, 5.74) is 3.05. The van der Waals surface area contributed by atoms with E-state index in [1.54, 1.807) is 6.07 Å². The molecule has 20 heavy (non-hydrogen) atoms. The first-order valence-corrected chi connectivity index (χ1v) is 6.98. The number of rotatable bonds is 6. The summed E-state index contributed by atoms with van der Waals surface area (Å²) in [7, 11) is 0. The van der Waals surface area contributed by atoms with Gasteiger partial charge in [0.2, 0.25) is 0 Å². The molecule has 3 heteroatoms. The van der Waals surface area contributed by atoms with Crippen molar-refractivity contribution in [3.63, 3.8) is 0 Å². The van der Waals surface area contributed by atoms with E-state index in [2.05, 4.69) is 12.2 Å². The molecule has 2 rings (SSSR count). The third-order valence-electron chi connectivity index (χ3n) is 3.42. The summed E-state index contributed by atoms with van der Waals surface area (Å²) in [4.78, 5) is 0. The lowest BCUT2D eigenvalue weighted by Gasteiger charge is -2.20. The minimum absolute atomic E-state index is 0.0832. The Balaban J connectivity index is 2.12. The molecule has 1 atom stereocenters. The SMILES string of the molecule is CCC(Nc1ccc(CCO)cc1)c1ccccc1O. The number of aliphatic hydroxyl groups excluding tert-OH is 1. The third kappa shape index (κ3) is 3.52. The fourth-order valence-electron chi connectivity index (χ4n) is 2.28. The summed E-state index contributed by atoms with van der Waals surface area (Å²) in [5, 5.41) is 22.3. The van der Waals surface area contributed by atoms with E-state index in [0.29, 0.717) is 12.2 Å². The molecule has 106 valence electrons. The largest absolute Gasteiger partial charge is 0.508 e. The molecule has 0 saturated carbocycles. The van der Waals surface area contributed by atoms with E-state index in [0.717, 1.165) is 23.2 Å². The summed E-state index contributed by atoms with van der Waals surface area (Å²) >= 11 is 0. The van der Waals surface area contributed by atoms with Crippen LogP contribution in [-0.4, -0.2) is 16.8 Å². The van der Waals surface area contributed by atoms with E-state index < -0.39 is 0 Å². The van der Waals surface area contributed by atoms with E-state index in [4.69, 9.17) is 5.11 Å². The minimum Gasteiger partial charge on any atom is -0.508 e. The molecule has 0 aliphatic carbocycles. The number of anilines is 1. The lowest BCUT2D eigenvalue weighted by molar-refractivity contribution is 0.299. The number of aliphatic hydroxyl groups is 1. The van der Waals surface area contributed by atoms with Crippen LogP contribution in [0.5, 0.6) is 5.75 Å². The number of hydrogen-bond donors (Lipinski definition) is 3. The van der Waals surface area contributed by atoms with Gasteiger partial charge in [0.15, 0.2) is 0 Å². The van der Waals surface area contributed by atoms with Gasteiger partial charge in [-0.05, 0) is 36.6 Å². The Labute approximate surface area is 119 Å². The highest BCUT2D eigenvalue weighted by Gasteiger charge is 2.12. The molecule has 2 aromatic carbocycles. The van der Waals surface area contributed by atoms with Gasteiger partial charge in [-0.25, -0.2) is 0 Å². The average Bonchev–Trinajstić information content (AvgIpc) is 2.48. The number of aromatic hydroxyl groups is 1. The molecule has 0 bridgehead atoms. The molecule has 0 aliphatic heterocycles. The number of phenolic OH excluding ortho intramolecular Hbond substituents is 1. The van der Waals surface area contributed by atoms with Crippen molar-refractivity contribution < 1.29 is 10.2 Å². The summed E-state index contributed by atoms with van der Waals surface area (Å²) < 4.78 is 0. The summed E-state index contributed by atoms with van der Waals surface area (Å²) in [6.07, 6.45) is 1.56. The van der Waals surface area contributed by atoms with Crippen molar-refractivity contribution in [1.29, 1.82) is 0 Å². The maximum Gasteiger partial charge on any atom is 0.120 e. The van der Waals surface area contributed by atoms with Crippen LogP contribution in [0.2, 0.25) is 0 Å². The van der Waals surface area contributed by atoms with Crippen LogP contribution in [0, 0.1) is 0 Å². The van der Waals surface area contributed by atoms with Gasteiger partial charge >= 0.3 is 0 Å². The minimum atomic E-state index is 0.0832. The van der Waals surface area contributed by atoms with Gasteiger partial charge in [0, 0.05) is 17.9 Å². The smallest absolute Gasteiger partial charge is 0.120 e. The topological polar surface area (TPSA) is 52.5 Å². The predicted molar refractivity (Wildman–Crippen MR) is 82.0 cm³/mol. The summed E-state index contributed by atoms with van der Waals surface area (Å²) in [6.45, 7) is 2.26. The Hall–Kier alpha value is -2.00. The van der Waals surface area contributed by atoms with Gasteiger partial charge in [0.1, 0.15) is 5.75 Å². The van der Waals surface area contributed by atoms with Crippen LogP contribution in [0.25, 0.3) is 0 Å². The first-order valence-electron chi connectivity index (χ1n) is 6.98. The molecule has 0 saturated heterocycles. The summed E-state index contributed by atoms with van der Waals surface area (Å²) in [5.74, 6) is 0.323. The lowest BCUT2D eigenvalue weighted by atomic mass is 10.0. The van der Waals surface area contributed by atoms with Crippen LogP contribution < -0.4 is 5.32 Å². The highest BCUT2D eigenvalue weighted by molar-refractivity contribution is 5.48. The summed E-state index contributed by atoms with van der Waals surface area (Å²) in [6, 6.07) is 15.5. The second-order valence-electron chi connectivity index (χ2n) is 4.83. The predicted octanol–water partition coefficient (Wildman–Crippen LogP) is 3.49. The standard InChI is InChI=1S/C17H21NO2/c1-2-16(15-5-3-4-6-17(15)20)18-14-9-7-13(8-10-14)11-12-19/h3-10,16,18-20H,2,11-12H2,1H3. The van der Waals surface area contributed by atoms with Crippen molar-refractivity contribution >= 4 is 5.69 Å². The van der Waals surface area contributed by atoms with Gasteiger partial charge in [-0.15, -0.1) is 0 Å². The van der Waals surface area contributed by atoms with Crippen LogP contribution in [-0.2, 0) is 6.42 Å². The quantitative estimate of drug-likeness (QED) is 0.754. The third-order valence-corrected chi connectivity index (χ3v) is 3.42. The zero-order chi connectivity index (χ0) is 14.4. The monoisotopic (exact) mass is 271 g/mol. The second-order valence-corrected chi connectivity index (χ2v) is 4.83. The Bertz CT molecular complexity index is 537. The zero-order valence-corrected chi connectivity index (χ0v) is 11.7. The highest BCUT2D eigenvalue weighted by atomic mass is 16.3. The normalized spacial score (nSPS) is 12.1. The van der Waals surface area contributed by atoms with Crippen LogP contribution in [0.4, 0.5) is 5.69 Å². The van der Waals surface area contributed by atoms with E-state index in [9.17, 15) is 5.11 Å². The van der Waals surface area contributed by atoms with Crippen LogP contribution in [0.1, 0.15) is 30.5 Å². The number of benzene rings is 2. The molecule has 0 amide bonds. The van der Waals surface area contributed by atoms with Gasteiger partial charge in [0.05, 0.1) is 6.04 Å². The van der Waals surface area contributed by atoms with Gasteiger partial charge in [-0.3, -0.25) is 0 Å². The Morgan fingerprint density at radius 2 is 1.75 bits per heavy atom. The van der Waals surface area contributed by atoms with Crippen molar-refractivity contribution in [1.82, 2.24) is 0 Å². The van der Waals surface area contributed by atoms with Gasteiger partial charge in [-0.1, -0.05) is 37.3 Å². The Morgan fingerprint density at radius 1 is 1.05 bits per heavy atom. The van der Waals surface area contributed by atoms with Crippen molar-refractivity contribution in [3.05, 3.63) is 59.7 Å². The maximum absolute atomic E-state index is 9.94. The first kappa shape index (κ1) is 14.4. The zero-order valence-electron chi connectivity index (χ0n) is 11.7. The Kier molecular flexibility index (Phi) is 5.02. The molecule has 0 aliphatic rings. The highest BCUT2D eigenvalue weighted by Crippen LogP contribution is 2.29. The molecule has 2 aromatic rings. The van der Waals surface area contributed by atoms with Crippen LogP contribution in [0.15, 0.2) is 48.5 Å². The molecular formula is C17H21NO2. The molecule has 0 fully saturated rings. The molecular weight excluding hydrogens is 250 g/mol. The van der Waals surface area contributed by atoms with E-state index in [1.165, 1.54) is 0 Å². The molecule has 0 radical (unpaired) electrons. The van der Waals surface area contributed by atoms with E-state index in [1.807, 2.05) is 42.5 Å². The maximum atomic E-state index is 9.94. The van der Waals surface area contributed by atoms with Crippen molar-refractivity contribution in [2.24, 2.45) is 0 Å². The lowest BCUT2D eigenvalue weighted by Crippen LogP contribution is -2.09. The fraction of sp³-hybridized carbons (Fsp3) is 0.294. The molecule has 0 heterocycles. The molecule has 3 N–H and O–H groups in total. The van der Waals surface area contributed by atoms with Gasteiger partial charge in [0.25, 0.3) is 0 Å². The van der Waals surface area contributed by atoms with Gasteiger partial charge < -0.3 is 15.5 Å². The fourth-order valence-corrected chi connectivity index (χ4v) is 2.28. The molecule has 0 spiro atoms. The van der Waals surface area contributed by atoms with E-state index in [-0.39, 0.29) is 12.6 Å². The first-order chi connectivity index (χ1) is 9.74. The number of para-hydroxylation sites is 1. The van der Waals surface area contributed by atoms with Crippen LogP contribution in [0.3, 0.4) is 0 Å². The van der Waals surface area contributed by atoms with Crippen molar-refractivity contribution in [3.8, 4) is 5.75 Å². The van der Waals surface area contributed by atoms with Crippen LogP contribution >= 0.6 is 0 Å². The average molecular weight is 271 g/mol. The molecule has 0 aromatic heterocycles. The van der Waals surface area contributed by atoms with Gasteiger partial charge in [-0.2, -0.15) is 0 Å². The number of hydrogen-bond acceptors (Lipinski definition) is 3. The number of nitrogens with one attached hydrogen (secondary N) is 1. The van der Waals surface area contributed by atoms with Crippen molar-refractivity contribution in [2.75, 3.05) is 11.9 Å². The van der Waals surface area contributed by atoms with E-state index >= 15 is 0 Å².